The predicted molar refractivity (Wildman–Crippen MR) is 106 cm³/mol. The minimum absolute atomic E-state index is 0. The molecule has 0 bridgehead atoms. The highest BCUT2D eigenvalue weighted by Crippen LogP contribution is 2.24. The minimum Gasteiger partial charge on any atom is -0.324 e. The van der Waals surface area contributed by atoms with Crippen LogP contribution in [0.25, 0.3) is 10.2 Å². The molecule has 0 fully saturated rings. The molecule has 1 aliphatic rings. The van der Waals surface area contributed by atoms with Crippen molar-refractivity contribution in [2.75, 3.05) is 11.9 Å². The molecule has 3 aromatic rings. The average Bonchev–Trinajstić information content (AvgIpc) is 3.13. The molecule has 2 aromatic heterocycles. The first-order valence-electron chi connectivity index (χ1n) is 8.37. The molecular formula is C18H18ClFN4O2S. The van der Waals surface area contributed by atoms with Gasteiger partial charge in [0.25, 0.3) is 5.56 Å². The quantitative estimate of drug-likeness (QED) is 0.696. The van der Waals surface area contributed by atoms with Gasteiger partial charge in [0.2, 0.25) is 5.91 Å². The summed E-state index contributed by atoms with van der Waals surface area (Å²) in [6.07, 6.45) is 2.11. The molecule has 4 rings (SSSR count). The van der Waals surface area contributed by atoms with Gasteiger partial charge in [0.15, 0.2) is 0 Å². The molecule has 9 heteroatoms. The number of rotatable bonds is 4. The number of aryl methyl sites for hydroxylation is 1. The normalized spacial score (nSPS) is 13.1. The number of carbonyl (C=O) groups is 1. The monoisotopic (exact) mass is 408 g/mol. The fraction of sp³-hybridized carbons (Fsp3) is 0.278. The van der Waals surface area contributed by atoms with Gasteiger partial charge in [-0.2, -0.15) is 0 Å². The Bertz CT molecular complexity index is 1050. The third-order valence-corrected chi connectivity index (χ3v) is 5.33. The zero-order chi connectivity index (χ0) is 18.1. The molecule has 0 radical (unpaired) electrons. The van der Waals surface area contributed by atoms with E-state index < -0.39 is 0 Å². The lowest BCUT2D eigenvalue weighted by Gasteiger charge is -2.19. The van der Waals surface area contributed by atoms with Gasteiger partial charge < -0.3 is 10.6 Å². The summed E-state index contributed by atoms with van der Waals surface area (Å²) in [5, 5.41) is 8.16. The van der Waals surface area contributed by atoms with Gasteiger partial charge in [-0.3, -0.25) is 14.2 Å². The Morgan fingerprint density at radius 3 is 3.07 bits per heavy atom. The molecule has 0 saturated heterocycles. The third kappa shape index (κ3) is 3.87. The molecule has 2 N–H and O–H groups in total. The van der Waals surface area contributed by atoms with Crippen LogP contribution >= 0.6 is 23.7 Å². The molecule has 0 spiro atoms. The number of nitrogens with zero attached hydrogens (tertiary/aromatic N) is 2. The van der Waals surface area contributed by atoms with Crippen LogP contribution in [0.15, 0.2) is 34.7 Å². The SMILES string of the molecule is Cl.O=C(CCn1cnc2sccc2c1=O)Nc1ccc2c(c1F)CCNC2. The van der Waals surface area contributed by atoms with Crippen molar-refractivity contribution in [1.82, 2.24) is 14.9 Å². The molecule has 1 aliphatic heterocycles. The Balaban J connectivity index is 0.00000210. The second-order valence-electron chi connectivity index (χ2n) is 6.17. The fourth-order valence-electron chi connectivity index (χ4n) is 3.12. The Morgan fingerprint density at radius 2 is 2.22 bits per heavy atom. The second kappa shape index (κ2) is 8.16. The highest BCUT2D eigenvalue weighted by molar-refractivity contribution is 7.16. The average molecular weight is 409 g/mol. The zero-order valence-electron chi connectivity index (χ0n) is 14.3. The number of anilines is 1. The number of hydrogen-bond donors (Lipinski definition) is 2. The van der Waals surface area contributed by atoms with Crippen LogP contribution < -0.4 is 16.2 Å². The molecule has 1 amide bonds. The van der Waals surface area contributed by atoms with Gasteiger partial charge >= 0.3 is 0 Å². The third-order valence-electron chi connectivity index (χ3n) is 4.51. The molecule has 3 heterocycles. The van der Waals surface area contributed by atoms with E-state index in [1.165, 1.54) is 22.2 Å². The lowest BCUT2D eigenvalue weighted by molar-refractivity contribution is -0.116. The van der Waals surface area contributed by atoms with Gasteiger partial charge in [-0.1, -0.05) is 6.07 Å². The molecule has 0 saturated carbocycles. The number of thiophene rings is 1. The van der Waals surface area contributed by atoms with Crippen LogP contribution in [0, 0.1) is 5.82 Å². The van der Waals surface area contributed by atoms with Crippen molar-refractivity contribution in [2.45, 2.75) is 25.9 Å². The Morgan fingerprint density at radius 1 is 1.37 bits per heavy atom. The largest absolute Gasteiger partial charge is 0.324 e. The Kier molecular flexibility index (Phi) is 5.88. The standard InChI is InChI=1S/C18H17FN4O2S.ClH/c19-16-12-3-6-20-9-11(12)1-2-14(16)22-15(24)4-7-23-10-21-17-13(18(23)25)5-8-26-17;/h1-2,5,8,10,20H,3-4,6-7,9H2,(H,22,24);1H. The van der Waals surface area contributed by atoms with E-state index in [9.17, 15) is 14.0 Å². The second-order valence-corrected chi connectivity index (χ2v) is 7.07. The first-order chi connectivity index (χ1) is 12.6. The van der Waals surface area contributed by atoms with E-state index in [0.29, 0.717) is 28.7 Å². The number of carbonyl (C=O) groups excluding carboxylic acids is 1. The summed E-state index contributed by atoms with van der Waals surface area (Å²) in [5.41, 5.74) is 1.60. The van der Waals surface area contributed by atoms with Gasteiger partial charge in [-0.25, -0.2) is 9.37 Å². The summed E-state index contributed by atoms with van der Waals surface area (Å²) >= 11 is 1.40. The molecule has 0 aliphatic carbocycles. The maximum atomic E-state index is 14.6. The molecule has 142 valence electrons. The summed E-state index contributed by atoms with van der Waals surface area (Å²) in [5.74, 6) is -0.703. The van der Waals surface area contributed by atoms with E-state index in [4.69, 9.17) is 0 Å². The van der Waals surface area contributed by atoms with Gasteiger partial charge in [-0.15, -0.1) is 23.7 Å². The molecule has 6 nitrogen and oxygen atoms in total. The maximum Gasteiger partial charge on any atom is 0.262 e. The summed E-state index contributed by atoms with van der Waals surface area (Å²) in [6, 6.07) is 5.15. The van der Waals surface area contributed by atoms with Crippen LogP contribution in [0.3, 0.4) is 0 Å². The molecular weight excluding hydrogens is 391 g/mol. The summed E-state index contributed by atoms with van der Waals surface area (Å²) in [7, 11) is 0. The molecule has 0 unspecified atom stereocenters. The summed E-state index contributed by atoms with van der Waals surface area (Å²) in [4.78, 5) is 29.4. The van der Waals surface area contributed by atoms with Crippen molar-refractivity contribution in [3.05, 3.63) is 57.2 Å². The first kappa shape index (κ1) is 19.5. The number of nitrogens with one attached hydrogen (secondary N) is 2. The van der Waals surface area contributed by atoms with Crippen LogP contribution in [-0.4, -0.2) is 22.0 Å². The number of halogens is 2. The zero-order valence-corrected chi connectivity index (χ0v) is 16.0. The summed E-state index contributed by atoms with van der Waals surface area (Å²) < 4.78 is 16.0. The van der Waals surface area contributed by atoms with Crippen molar-refractivity contribution in [1.29, 1.82) is 0 Å². The first-order valence-corrected chi connectivity index (χ1v) is 9.25. The van der Waals surface area contributed by atoms with Crippen molar-refractivity contribution in [3.63, 3.8) is 0 Å². The Hall–Kier alpha value is -2.29. The van der Waals surface area contributed by atoms with Gasteiger partial charge in [0.05, 0.1) is 17.4 Å². The van der Waals surface area contributed by atoms with Gasteiger partial charge in [0, 0.05) is 19.5 Å². The molecule has 27 heavy (non-hydrogen) atoms. The van der Waals surface area contributed by atoms with Crippen molar-refractivity contribution < 1.29 is 9.18 Å². The fourth-order valence-corrected chi connectivity index (χ4v) is 3.84. The number of benzene rings is 1. The van der Waals surface area contributed by atoms with E-state index in [-0.39, 0.29) is 48.3 Å². The lowest BCUT2D eigenvalue weighted by Crippen LogP contribution is -2.26. The highest BCUT2D eigenvalue weighted by atomic mass is 35.5. The smallest absolute Gasteiger partial charge is 0.262 e. The van der Waals surface area contributed by atoms with Gasteiger partial charge in [-0.05, 0) is 41.6 Å². The number of aromatic nitrogens is 2. The van der Waals surface area contributed by atoms with Crippen molar-refractivity contribution in [3.8, 4) is 0 Å². The van der Waals surface area contributed by atoms with E-state index in [1.807, 2.05) is 11.4 Å². The topological polar surface area (TPSA) is 76.0 Å². The van der Waals surface area contributed by atoms with E-state index in [0.717, 1.165) is 12.1 Å². The van der Waals surface area contributed by atoms with E-state index in [1.54, 1.807) is 12.1 Å². The van der Waals surface area contributed by atoms with Gasteiger partial charge in [0.1, 0.15) is 10.6 Å². The van der Waals surface area contributed by atoms with Crippen LogP contribution in [0.1, 0.15) is 17.5 Å². The molecule has 1 aromatic carbocycles. The Labute approximate surface area is 164 Å². The van der Waals surface area contributed by atoms with Crippen molar-refractivity contribution in [2.24, 2.45) is 0 Å². The number of fused-ring (bicyclic) bond motifs is 2. The van der Waals surface area contributed by atoms with Crippen LogP contribution in [0.5, 0.6) is 0 Å². The van der Waals surface area contributed by atoms with Crippen LogP contribution in [0.2, 0.25) is 0 Å². The number of hydrogen-bond acceptors (Lipinski definition) is 5. The number of amides is 1. The van der Waals surface area contributed by atoms with Crippen LogP contribution in [-0.2, 0) is 24.3 Å². The van der Waals surface area contributed by atoms with Crippen molar-refractivity contribution >= 4 is 45.6 Å². The van der Waals surface area contributed by atoms with E-state index in [2.05, 4.69) is 15.6 Å². The summed E-state index contributed by atoms with van der Waals surface area (Å²) in [6.45, 7) is 1.56. The minimum atomic E-state index is -0.365. The van der Waals surface area contributed by atoms with Crippen LogP contribution in [0.4, 0.5) is 10.1 Å². The molecule has 0 atom stereocenters. The maximum absolute atomic E-state index is 14.6. The van der Waals surface area contributed by atoms with E-state index >= 15 is 0 Å². The lowest BCUT2D eigenvalue weighted by atomic mass is 9.99. The predicted octanol–water partition coefficient (Wildman–Crippen LogP) is 2.69. The highest BCUT2D eigenvalue weighted by Gasteiger charge is 2.17.